The molecule has 2 aromatic heterocycles. The SMILES string of the molecule is CO[C@@H](C(=O)OC(=O)C(F)(F)F)[C@H]1C(=O)N(Cc2ccc3c(N)ccnc3c2)CCN1C(=O)C=Cc1cc(Br)cs1. The molecule has 0 bridgehead atoms. The number of pyridine rings is 1. The van der Waals surface area contributed by atoms with Crippen LogP contribution in [0.3, 0.4) is 0 Å². The van der Waals surface area contributed by atoms with Gasteiger partial charge in [-0.05, 0) is 45.8 Å². The van der Waals surface area contributed by atoms with Crippen molar-refractivity contribution in [1.82, 2.24) is 14.8 Å². The van der Waals surface area contributed by atoms with E-state index in [1.54, 1.807) is 35.7 Å². The molecule has 0 saturated carbocycles. The van der Waals surface area contributed by atoms with Crippen molar-refractivity contribution >= 4 is 73.7 Å². The van der Waals surface area contributed by atoms with E-state index >= 15 is 0 Å². The Balaban J connectivity index is 1.62. The standard InChI is InChI=1S/C26H22BrF3N4O6S/c1-39-22(24(37)40-25(38)26(28,29)30)21-23(36)33(12-14-2-4-17-18(31)6-7-32-19(17)10-14)8-9-34(21)20(35)5-3-16-11-15(27)13-41-16/h2-7,10-11,13,21-22H,8-9,12H2,1H3,(H2,31,32)/t21-,22+/m0/s1. The fourth-order valence-corrected chi connectivity index (χ4v) is 5.59. The van der Waals surface area contributed by atoms with Crippen LogP contribution in [0, 0.1) is 0 Å². The lowest BCUT2D eigenvalue weighted by Crippen LogP contribution is -2.64. The molecule has 41 heavy (non-hydrogen) atoms. The second-order valence-corrected chi connectivity index (χ2v) is 10.7. The van der Waals surface area contributed by atoms with Gasteiger partial charge in [0.1, 0.15) is 6.04 Å². The van der Waals surface area contributed by atoms with Crippen LogP contribution in [-0.4, -0.2) is 77.1 Å². The molecule has 3 aromatic rings. The summed E-state index contributed by atoms with van der Waals surface area (Å²) >= 11 is 4.64. The Morgan fingerprint density at radius 2 is 2.00 bits per heavy atom. The van der Waals surface area contributed by atoms with Gasteiger partial charge in [-0.2, -0.15) is 13.2 Å². The number of nitrogens with two attached hydrogens (primary N) is 1. The van der Waals surface area contributed by atoms with Crippen LogP contribution >= 0.6 is 27.3 Å². The van der Waals surface area contributed by atoms with E-state index in [1.165, 1.54) is 34.6 Å². The van der Waals surface area contributed by atoms with Crippen LogP contribution in [-0.2, 0) is 35.2 Å². The van der Waals surface area contributed by atoms with Gasteiger partial charge in [0.05, 0.1) is 5.52 Å². The number of nitrogens with zero attached hydrogens (tertiary/aromatic N) is 3. The molecule has 15 heteroatoms. The van der Waals surface area contributed by atoms with Crippen molar-refractivity contribution in [2.24, 2.45) is 0 Å². The number of piperazine rings is 1. The summed E-state index contributed by atoms with van der Waals surface area (Å²) in [5.74, 6) is -6.02. The lowest BCUT2D eigenvalue weighted by atomic mass is 10.0. The maximum Gasteiger partial charge on any atom is 0.491 e. The highest BCUT2D eigenvalue weighted by Gasteiger charge is 2.49. The largest absolute Gasteiger partial charge is 0.491 e. The number of carbonyl (C=O) groups excluding carboxylic acids is 4. The number of carbonyl (C=O) groups is 4. The fourth-order valence-electron chi connectivity index (χ4n) is 4.26. The Morgan fingerprint density at radius 3 is 2.66 bits per heavy atom. The summed E-state index contributed by atoms with van der Waals surface area (Å²) in [4.78, 5) is 58.2. The van der Waals surface area contributed by atoms with Crippen molar-refractivity contribution in [3.63, 3.8) is 0 Å². The third kappa shape index (κ3) is 6.92. The molecule has 0 radical (unpaired) electrons. The number of ether oxygens (including phenoxy) is 2. The number of amides is 2. The summed E-state index contributed by atoms with van der Waals surface area (Å²) in [6, 6.07) is 6.86. The summed E-state index contributed by atoms with van der Waals surface area (Å²) in [6.45, 7) is -0.0303. The summed E-state index contributed by atoms with van der Waals surface area (Å²) in [5, 5.41) is 2.50. The van der Waals surface area contributed by atoms with Crippen LogP contribution in [0.15, 0.2) is 52.5 Å². The minimum Gasteiger partial charge on any atom is -0.398 e. The average molecular weight is 655 g/mol. The topological polar surface area (TPSA) is 132 Å². The fraction of sp³-hybridized carbons (Fsp3) is 0.269. The van der Waals surface area contributed by atoms with E-state index in [1.807, 2.05) is 0 Å². The molecule has 1 aliphatic rings. The first-order valence-electron chi connectivity index (χ1n) is 11.9. The number of aromatic nitrogens is 1. The predicted octanol–water partition coefficient (Wildman–Crippen LogP) is 3.54. The molecule has 0 unspecified atom stereocenters. The van der Waals surface area contributed by atoms with E-state index in [2.05, 4.69) is 25.7 Å². The second-order valence-electron chi connectivity index (χ2n) is 8.85. The van der Waals surface area contributed by atoms with E-state index in [-0.39, 0.29) is 19.6 Å². The Labute approximate surface area is 243 Å². The van der Waals surface area contributed by atoms with E-state index in [0.29, 0.717) is 27.0 Å². The van der Waals surface area contributed by atoms with Gasteiger partial charge in [-0.25, -0.2) is 9.59 Å². The molecule has 2 amide bonds. The highest BCUT2D eigenvalue weighted by molar-refractivity contribution is 9.10. The maximum atomic E-state index is 13.7. The van der Waals surface area contributed by atoms with Crippen LogP contribution < -0.4 is 5.73 Å². The van der Waals surface area contributed by atoms with E-state index in [9.17, 15) is 32.3 Å². The number of anilines is 1. The summed E-state index contributed by atoms with van der Waals surface area (Å²) in [6.07, 6.45) is -3.29. The quantitative estimate of drug-likeness (QED) is 0.232. The number of fused-ring (bicyclic) bond motifs is 1. The zero-order chi connectivity index (χ0) is 29.9. The van der Waals surface area contributed by atoms with E-state index < -0.39 is 42.1 Å². The van der Waals surface area contributed by atoms with Gasteiger partial charge in [-0.15, -0.1) is 11.3 Å². The number of methoxy groups -OCH3 is 1. The minimum atomic E-state index is -5.46. The van der Waals surface area contributed by atoms with Crippen LogP contribution in [0.5, 0.6) is 0 Å². The lowest BCUT2D eigenvalue weighted by Gasteiger charge is -2.42. The molecule has 216 valence electrons. The smallest absolute Gasteiger partial charge is 0.398 e. The van der Waals surface area contributed by atoms with Gasteiger partial charge in [-0.1, -0.05) is 12.1 Å². The summed E-state index contributed by atoms with van der Waals surface area (Å²) in [5.41, 5.74) is 7.72. The minimum absolute atomic E-state index is 0.0236. The number of esters is 2. The number of benzene rings is 1. The van der Waals surface area contributed by atoms with Gasteiger partial charge in [-0.3, -0.25) is 14.6 Å². The number of halogens is 4. The van der Waals surface area contributed by atoms with Crippen LogP contribution in [0.2, 0.25) is 0 Å². The van der Waals surface area contributed by atoms with Crippen molar-refractivity contribution in [3.8, 4) is 0 Å². The number of hydrogen-bond donors (Lipinski definition) is 1. The number of nitrogen functional groups attached to an aromatic ring is 1. The van der Waals surface area contributed by atoms with Gasteiger partial charge in [0, 0.05) is 64.8 Å². The van der Waals surface area contributed by atoms with Crippen molar-refractivity contribution in [1.29, 1.82) is 0 Å². The number of alkyl halides is 3. The zero-order valence-electron chi connectivity index (χ0n) is 21.3. The molecule has 1 aromatic carbocycles. The van der Waals surface area contributed by atoms with Crippen LogP contribution in [0.4, 0.5) is 18.9 Å². The predicted molar refractivity (Wildman–Crippen MR) is 146 cm³/mol. The number of hydrogen-bond acceptors (Lipinski definition) is 9. The van der Waals surface area contributed by atoms with Crippen molar-refractivity contribution in [2.75, 3.05) is 25.9 Å². The number of rotatable bonds is 7. The summed E-state index contributed by atoms with van der Waals surface area (Å²) in [7, 11) is 0.956. The molecule has 1 fully saturated rings. The maximum absolute atomic E-state index is 13.7. The average Bonchev–Trinajstić information content (AvgIpc) is 3.34. The third-order valence-electron chi connectivity index (χ3n) is 6.18. The highest BCUT2D eigenvalue weighted by Crippen LogP contribution is 2.26. The molecule has 0 aliphatic carbocycles. The molecular weight excluding hydrogens is 633 g/mol. The van der Waals surface area contributed by atoms with Gasteiger partial charge in [0.2, 0.25) is 11.8 Å². The second kappa shape index (κ2) is 12.4. The van der Waals surface area contributed by atoms with E-state index in [4.69, 9.17) is 10.5 Å². The highest BCUT2D eigenvalue weighted by atomic mass is 79.9. The third-order valence-corrected chi connectivity index (χ3v) is 7.84. The van der Waals surface area contributed by atoms with Gasteiger partial charge in [0.15, 0.2) is 6.10 Å². The first-order valence-corrected chi connectivity index (χ1v) is 13.6. The molecule has 0 spiro atoms. The Hall–Kier alpha value is -3.82. The number of thiophene rings is 1. The zero-order valence-corrected chi connectivity index (χ0v) is 23.7. The normalized spacial score (nSPS) is 16.8. The Kier molecular flexibility index (Phi) is 9.09. The molecule has 1 saturated heterocycles. The van der Waals surface area contributed by atoms with Gasteiger partial charge >= 0.3 is 18.1 Å². The molecule has 10 nitrogen and oxygen atoms in total. The van der Waals surface area contributed by atoms with Crippen molar-refractivity contribution < 1.29 is 41.8 Å². The Morgan fingerprint density at radius 1 is 1.24 bits per heavy atom. The van der Waals surface area contributed by atoms with Gasteiger partial charge in [0.25, 0.3) is 0 Å². The first kappa shape index (κ1) is 30.1. The van der Waals surface area contributed by atoms with Crippen molar-refractivity contribution in [2.45, 2.75) is 24.9 Å². The van der Waals surface area contributed by atoms with Crippen molar-refractivity contribution in [3.05, 3.63) is 62.9 Å². The molecular formula is C26H22BrF3N4O6S. The van der Waals surface area contributed by atoms with Crippen LogP contribution in [0.1, 0.15) is 10.4 Å². The lowest BCUT2D eigenvalue weighted by molar-refractivity contribution is -0.206. The Bertz CT molecular complexity index is 1530. The molecule has 2 N–H and O–H groups in total. The van der Waals surface area contributed by atoms with Gasteiger partial charge < -0.3 is 25.0 Å². The molecule has 2 atom stereocenters. The van der Waals surface area contributed by atoms with Crippen LogP contribution in [0.25, 0.3) is 17.0 Å². The molecule has 3 heterocycles. The summed E-state index contributed by atoms with van der Waals surface area (Å²) < 4.78 is 48.1. The van der Waals surface area contributed by atoms with E-state index in [0.717, 1.165) is 16.5 Å². The molecule has 1 aliphatic heterocycles. The molecule has 4 rings (SSSR count). The first-order chi connectivity index (χ1) is 19.4. The monoisotopic (exact) mass is 654 g/mol.